The van der Waals surface area contributed by atoms with Crippen LogP contribution in [0.5, 0.6) is 0 Å². The number of nitrogens with one attached hydrogen (secondary N) is 2. The van der Waals surface area contributed by atoms with Gasteiger partial charge in [-0.15, -0.1) is 11.3 Å². The highest BCUT2D eigenvalue weighted by molar-refractivity contribution is 7.09. The van der Waals surface area contributed by atoms with Crippen LogP contribution in [-0.2, 0) is 4.79 Å². The lowest BCUT2D eigenvalue weighted by Gasteiger charge is -2.20. The molecule has 0 spiro atoms. The van der Waals surface area contributed by atoms with Gasteiger partial charge in [-0.05, 0) is 5.92 Å². The molecule has 0 aliphatic rings. The SMILES string of the molecule is CCC(C)C(NC(=O)NCC(C)c1nccs1)C(=O)O. The van der Waals surface area contributed by atoms with Crippen LogP contribution >= 0.6 is 11.3 Å². The van der Waals surface area contributed by atoms with E-state index in [2.05, 4.69) is 15.6 Å². The third-order valence-electron chi connectivity index (χ3n) is 3.21. The number of hydrogen-bond donors (Lipinski definition) is 3. The molecule has 3 unspecified atom stereocenters. The van der Waals surface area contributed by atoms with E-state index < -0.39 is 18.0 Å². The Balaban J connectivity index is 2.44. The maximum Gasteiger partial charge on any atom is 0.326 e. The second-order valence-electron chi connectivity index (χ2n) is 4.83. The van der Waals surface area contributed by atoms with E-state index in [9.17, 15) is 9.59 Å². The number of carboxylic acids is 1. The molecule has 20 heavy (non-hydrogen) atoms. The minimum Gasteiger partial charge on any atom is -0.480 e. The highest BCUT2D eigenvalue weighted by atomic mass is 32.1. The average Bonchev–Trinajstić information content (AvgIpc) is 2.95. The van der Waals surface area contributed by atoms with Crippen molar-refractivity contribution in [2.24, 2.45) is 5.92 Å². The predicted octanol–water partition coefficient (Wildman–Crippen LogP) is 2.05. The second-order valence-corrected chi connectivity index (χ2v) is 5.75. The first-order chi connectivity index (χ1) is 9.45. The van der Waals surface area contributed by atoms with E-state index in [1.807, 2.05) is 19.2 Å². The molecule has 1 aromatic rings. The van der Waals surface area contributed by atoms with Crippen molar-refractivity contribution in [3.8, 4) is 0 Å². The van der Waals surface area contributed by atoms with Crippen molar-refractivity contribution in [2.45, 2.75) is 39.2 Å². The highest BCUT2D eigenvalue weighted by Crippen LogP contribution is 2.16. The molecule has 0 bridgehead atoms. The summed E-state index contributed by atoms with van der Waals surface area (Å²) in [5.74, 6) is -1.02. The Labute approximate surface area is 122 Å². The van der Waals surface area contributed by atoms with Crippen molar-refractivity contribution in [3.63, 3.8) is 0 Å². The van der Waals surface area contributed by atoms with Crippen LogP contribution in [-0.4, -0.2) is 34.7 Å². The van der Waals surface area contributed by atoms with E-state index >= 15 is 0 Å². The van der Waals surface area contributed by atoms with Gasteiger partial charge in [-0.25, -0.2) is 14.6 Å². The number of urea groups is 1. The average molecular weight is 299 g/mol. The van der Waals surface area contributed by atoms with E-state index in [0.29, 0.717) is 13.0 Å². The van der Waals surface area contributed by atoms with Gasteiger partial charge in [-0.2, -0.15) is 0 Å². The minimum absolute atomic E-state index is 0.104. The molecule has 6 nitrogen and oxygen atoms in total. The maximum atomic E-state index is 11.7. The van der Waals surface area contributed by atoms with Gasteiger partial charge in [-0.3, -0.25) is 0 Å². The molecule has 3 atom stereocenters. The summed E-state index contributed by atoms with van der Waals surface area (Å²) in [6.45, 7) is 6.08. The number of carbonyl (C=O) groups excluding carboxylic acids is 1. The van der Waals surface area contributed by atoms with Crippen molar-refractivity contribution < 1.29 is 14.7 Å². The number of rotatable bonds is 7. The second kappa shape index (κ2) is 7.84. The summed E-state index contributed by atoms with van der Waals surface area (Å²) >= 11 is 1.53. The predicted molar refractivity (Wildman–Crippen MR) is 77.9 cm³/mol. The summed E-state index contributed by atoms with van der Waals surface area (Å²) in [7, 11) is 0. The molecule has 0 aromatic carbocycles. The Kier molecular flexibility index (Phi) is 6.44. The van der Waals surface area contributed by atoms with Crippen molar-refractivity contribution in [3.05, 3.63) is 16.6 Å². The summed E-state index contributed by atoms with van der Waals surface area (Å²) in [6, 6.07) is -1.32. The number of aromatic nitrogens is 1. The molecule has 112 valence electrons. The van der Waals surface area contributed by atoms with Crippen LogP contribution in [0.4, 0.5) is 4.79 Å². The van der Waals surface area contributed by atoms with Gasteiger partial charge in [0.2, 0.25) is 0 Å². The lowest BCUT2D eigenvalue weighted by molar-refractivity contribution is -0.140. The van der Waals surface area contributed by atoms with E-state index in [4.69, 9.17) is 5.11 Å². The van der Waals surface area contributed by atoms with Crippen LogP contribution in [0.1, 0.15) is 38.1 Å². The Morgan fingerprint density at radius 2 is 2.15 bits per heavy atom. The molecule has 0 saturated heterocycles. The van der Waals surface area contributed by atoms with E-state index in [1.165, 1.54) is 11.3 Å². The zero-order valence-electron chi connectivity index (χ0n) is 11.9. The molecule has 0 aliphatic heterocycles. The summed E-state index contributed by atoms with van der Waals surface area (Å²) in [4.78, 5) is 27.0. The third-order valence-corrected chi connectivity index (χ3v) is 4.21. The van der Waals surface area contributed by atoms with Crippen LogP contribution in [0.2, 0.25) is 0 Å². The van der Waals surface area contributed by atoms with Crippen LogP contribution in [0.3, 0.4) is 0 Å². The molecule has 0 aliphatic carbocycles. The Hall–Kier alpha value is -1.63. The Morgan fingerprint density at radius 3 is 2.65 bits per heavy atom. The van der Waals surface area contributed by atoms with Crippen LogP contribution in [0.15, 0.2) is 11.6 Å². The number of thiazole rings is 1. The quantitative estimate of drug-likeness (QED) is 0.718. The third kappa shape index (κ3) is 4.80. The molecule has 1 rings (SSSR count). The van der Waals surface area contributed by atoms with E-state index in [1.54, 1.807) is 13.1 Å². The van der Waals surface area contributed by atoms with Gasteiger partial charge >= 0.3 is 12.0 Å². The number of amides is 2. The monoisotopic (exact) mass is 299 g/mol. The lowest BCUT2D eigenvalue weighted by atomic mass is 9.99. The lowest BCUT2D eigenvalue weighted by Crippen LogP contribution is -2.49. The van der Waals surface area contributed by atoms with Gasteiger partial charge in [0.25, 0.3) is 0 Å². The van der Waals surface area contributed by atoms with E-state index in [-0.39, 0.29) is 11.8 Å². The molecule has 0 radical (unpaired) electrons. The number of carbonyl (C=O) groups is 2. The number of nitrogens with zero attached hydrogens (tertiary/aromatic N) is 1. The molecule has 1 heterocycles. The smallest absolute Gasteiger partial charge is 0.326 e. The molecule has 7 heteroatoms. The Morgan fingerprint density at radius 1 is 1.45 bits per heavy atom. The number of aliphatic carboxylic acids is 1. The first-order valence-electron chi connectivity index (χ1n) is 6.62. The molecular weight excluding hydrogens is 278 g/mol. The first kappa shape index (κ1) is 16.4. The van der Waals surface area contributed by atoms with Crippen molar-refractivity contribution in [1.29, 1.82) is 0 Å². The van der Waals surface area contributed by atoms with Gasteiger partial charge < -0.3 is 15.7 Å². The maximum absolute atomic E-state index is 11.7. The summed E-state index contributed by atoms with van der Waals surface area (Å²) in [5.41, 5.74) is 0. The molecule has 3 N–H and O–H groups in total. The molecule has 0 fully saturated rings. The molecule has 1 aromatic heterocycles. The minimum atomic E-state index is -1.01. The zero-order chi connectivity index (χ0) is 15.1. The van der Waals surface area contributed by atoms with Gasteiger partial charge in [0.05, 0.1) is 5.01 Å². The Bertz CT molecular complexity index is 436. The van der Waals surface area contributed by atoms with Crippen molar-refractivity contribution >= 4 is 23.3 Å². The molecular formula is C13H21N3O3S. The largest absolute Gasteiger partial charge is 0.480 e. The van der Waals surface area contributed by atoms with Crippen LogP contribution < -0.4 is 10.6 Å². The standard InChI is InChI=1S/C13H21N3O3S/c1-4-8(2)10(12(17)18)16-13(19)15-7-9(3)11-14-5-6-20-11/h5-6,8-10H,4,7H2,1-3H3,(H,17,18)(H2,15,16,19). The fourth-order valence-corrected chi connectivity index (χ4v) is 2.38. The fraction of sp³-hybridized carbons (Fsp3) is 0.615. The fourth-order valence-electron chi connectivity index (χ4n) is 1.69. The topological polar surface area (TPSA) is 91.3 Å². The molecule has 0 saturated carbocycles. The van der Waals surface area contributed by atoms with Gasteiger partial charge in [0, 0.05) is 24.0 Å². The first-order valence-corrected chi connectivity index (χ1v) is 7.50. The summed E-state index contributed by atoms with van der Waals surface area (Å²) < 4.78 is 0. The van der Waals surface area contributed by atoms with Crippen LogP contribution in [0.25, 0.3) is 0 Å². The van der Waals surface area contributed by atoms with Crippen molar-refractivity contribution in [2.75, 3.05) is 6.54 Å². The van der Waals surface area contributed by atoms with Gasteiger partial charge in [0.1, 0.15) is 6.04 Å². The zero-order valence-corrected chi connectivity index (χ0v) is 12.7. The van der Waals surface area contributed by atoms with Crippen LogP contribution in [0, 0.1) is 5.92 Å². The number of hydrogen-bond acceptors (Lipinski definition) is 4. The number of carboxylic acid groups (broad SMARTS) is 1. The van der Waals surface area contributed by atoms with E-state index in [0.717, 1.165) is 5.01 Å². The summed E-state index contributed by atoms with van der Waals surface area (Å²) in [5, 5.41) is 17.1. The highest BCUT2D eigenvalue weighted by Gasteiger charge is 2.25. The van der Waals surface area contributed by atoms with Crippen molar-refractivity contribution in [1.82, 2.24) is 15.6 Å². The normalized spacial score (nSPS) is 15.2. The summed E-state index contributed by atoms with van der Waals surface area (Å²) in [6.07, 6.45) is 2.41. The van der Waals surface area contributed by atoms with Gasteiger partial charge in [0.15, 0.2) is 0 Å². The van der Waals surface area contributed by atoms with Gasteiger partial charge in [-0.1, -0.05) is 27.2 Å². The molecule has 2 amide bonds.